The average Bonchev–Trinajstić information content (AvgIpc) is 2.74. The van der Waals surface area contributed by atoms with Crippen LogP contribution in [0.15, 0.2) is 12.3 Å². The Morgan fingerprint density at radius 3 is 3.00 bits per heavy atom. The van der Waals surface area contributed by atoms with Crippen LogP contribution in [0.4, 0.5) is 10.2 Å². The summed E-state index contributed by atoms with van der Waals surface area (Å²) in [5, 5.41) is 2.82. The van der Waals surface area contributed by atoms with E-state index < -0.39 is 5.82 Å². The maximum absolute atomic E-state index is 13.2. The van der Waals surface area contributed by atoms with Crippen LogP contribution in [0.1, 0.15) is 30.1 Å². The van der Waals surface area contributed by atoms with Crippen molar-refractivity contribution < 1.29 is 9.18 Å². The Labute approximate surface area is 99.8 Å². The zero-order valence-electron chi connectivity index (χ0n) is 10.0. The van der Waals surface area contributed by atoms with Crippen LogP contribution in [0, 0.1) is 5.82 Å². The molecule has 0 bridgehead atoms. The number of rotatable bonds is 2. The topological polar surface area (TPSA) is 45.2 Å². The monoisotopic (exact) mass is 237 g/mol. The van der Waals surface area contributed by atoms with Crippen molar-refractivity contribution in [3.63, 3.8) is 0 Å². The molecule has 1 unspecified atom stereocenters. The molecule has 1 aliphatic rings. The summed E-state index contributed by atoms with van der Waals surface area (Å²) in [7, 11) is 1.67. The standard InChI is InChI=1S/C12H16FN3O/c1-8-4-3-5-16(8)12(17)10-6-9(13)7-15-11(10)14-2/h6-8H,3-5H2,1-2H3,(H,14,15). The summed E-state index contributed by atoms with van der Waals surface area (Å²) in [6.45, 7) is 2.75. The zero-order valence-corrected chi connectivity index (χ0v) is 10.0. The molecule has 1 saturated heterocycles. The minimum absolute atomic E-state index is 0.147. The summed E-state index contributed by atoms with van der Waals surface area (Å²) in [5.74, 6) is -0.207. The highest BCUT2D eigenvalue weighted by atomic mass is 19.1. The molecule has 1 atom stereocenters. The lowest BCUT2D eigenvalue weighted by Gasteiger charge is -2.22. The summed E-state index contributed by atoms with van der Waals surface area (Å²) in [6.07, 6.45) is 3.12. The highest BCUT2D eigenvalue weighted by Gasteiger charge is 2.28. The number of pyridine rings is 1. The van der Waals surface area contributed by atoms with Crippen molar-refractivity contribution in [3.05, 3.63) is 23.6 Å². The Kier molecular flexibility index (Phi) is 3.26. The SMILES string of the molecule is CNc1ncc(F)cc1C(=O)N1CCCC1C. The van der Waals surface area contributed by atoms with E-state index in [0.29, 0.717) is 11.4 Å². The summed E-state index contributed by atoms with van der Waals surface area (Å²) >= 11 is 0. The van der Waals surface area contributed by atoms with Crippen molar-refractivity contribution in [2.75, 3.05) is 18.9 Å². The van der Waals surface area contributed by atoms with Gasteiger partial charge in [-0.05, 0) is 25.8 Å². The molecule has 0 aromatic carbocycles. The summed E-state index contributed by atoms with van der Waals surface area (Å²) in [5.41, 5.74) is 0.307. The molecule has 1 N–H and O–H groups in total. The van der Waals surface area contributed by atoms with Crippen LogP contribution in [0.3, 0.4) is 0 Å². The Morgan fingerprint density at radius 1 is 1.65 bits per heavy atom. The first kappa shape index (κ1) is 11.8. The molecule has 1 amide bonds. The summed E-state index contributed by atoms with van der Waals surface area (Å²) < 4.78 is 13.2. The molecule has 1 aliphatic heterocycles. The number of nitrogens with one attached hydrogen (secondary N) is 1. The molecular weight excluding hydrogens is 221 g/mol. The van der Waals surface area contributed by atoms with E-state index in [9.17, 15) is 9.18 Å². The molecule has 1 aromatic rings. The van der Waals surface area contributed by atoms with E-state index in [1.165, 1.54) is 6.07 Å². The predicted octanol–water partition coefficient (Wildman–Crippen LogP) is 1.89. The van der Waals surface area contributed by atoms with Crippen LogP contribution < -0.4 is 5.32 Å². The van der Waals surface area contributed by atoms with Gasteiger partial charge in [0.15, 0.2) is 0 Å². The van der Waals surface area contributed by atoms with Crippen molar-refractivity contribution in [2.24, 2.45) is 0 Å². The predicted molar refractivity (Wildman–Crippen MR) is 63.5 cm³/mol. The van der Waals surface area contributed by atoms with Crippen molar-refractivity contribution in [2.45, 2.75) is 25.8 Å². The van der Waals surface area contributed by atoms with Gasteiger partial charge in [0.25, 0.3) is 5.91 Å². The second kappa shape index (κ2) is 4.69. The fourth-order valence-corrected chi connectivity index (χ4v) is 2.19. The summed E-state index contributed by atoms with van der Waals surface area (Å²) in [6, 6.07) is 1.46. The fourth-order valence-electron chi connectivity index (χ4n) is 2.19. The Balaban J connectivity index is 2.32. The van der Waals surface area contributed by atoms with Gasteiger partial charge in [-0.15, -0.1) is 0 Å². The molecule has 2 rings (SSSR count). The fraction of sp³-hybridized carbons (Fsp3) is 0.500. The third kappa shape index (κ3) is 2.23. The zero-order chi connectivity index (χ0) is 12.4. The molecule has 92 valence electrons. The molecule has 2 heterocycles. The number of aromatic nitrogens is 1. The maximum atomic E-state index is 13.2. The first-order valence-electron chi connectivity index (χ1n) is 5.77. The number of hydrogen-bond acceptors (Lipinski definition) is 3. The van der Waals surface area contributed by atoms with E-state index in [2.05, 4.69) is 10.3 Å². The summed E-state index contributed by atoms with van der Waals surface area (Å²) in [4.78, 5) is 17.9. The van der Waals surface area contributed by atoms with Gasteiger partial charge in [0.05, 0.1) is 11.8 Å². The van der Waals surface area contributed by atoms with Crippen LogP contribution in [0.2, 0.25) is 0 Å². The second-order valence-electron chi connectivity index (χ2n) is 4.29. The second-order valence-corrected chi connectivity index (χ2v) is 4.29. The minimum atomic E-state index is -0.487. The lowest BCUT2D eigenvalue weighted by atomic mass is 10.2. The van der Waals surface area contributed by atoms with Crippen molar-refractivity contribution >= 4 is 11.7 Å². The van der Waals surface area contributed by atoms with Gasteiger partial charge < -0.3 is 10.2 Å². The van der Waals surface area contributed by atoms with Gasteiger partial charge in [-0.2, -0.15) is 0 Å². The van der Waals surface area contributed by atoms with Crippen LogP contribution >= 0.6 is 0 Å². The Morgan fingerprint density at radius 2 is 2.41 bits per heavy atom. The quantitative estimate of drug-likeness (QED) is 0.854. The molecule has 1 fully saturated rings. The highest BCUT2D eigenvalue weighted by molar-refractivity contribution is 5.99. The van der Waals surface area contributed by atoms with Gasteiger partial charge in [-0.1, -0.05) is 0 Å². The van der Waals surface area contributed by atoms with Crippen molar-refractivity contribution in [3.8, 4) is 0 Å². The third-order valence-corrected chi connectivity index (χ3v) is 3.14. The van der Waals surface area contributed by atoms with Crippen LogP contribution in [-0.2, 0) is 0 Å². The molecule has 5 heteroatoms. The number of anilines is 1. The molecule has 0 spiro atoms. The van der Waals surface area contributed by atoms with Crippen molar-refractivity contribution in [1.82, 2.24) is 9.88 Å². The number of carbonyl (C=O) groups excluding carboxylic acids is 1. The van der Waals surface area contributed by atoms with Gasteiger partial charge in [0.2, 0.25) is 0 Å². The molecule has 4 nitrogen and oxygen atoms in total. The van der Waals surface area contributed by atoms with E-state index in [1.807, 2.05) is 6.92 Å². The van der Waals surface area contributed by atoms with Crippen LogP contribution in [0.25, 0.3) is 0 Å². The molecule has 17 heavy (non-hydrogen) atoms. The molecule has 0 radical (unpaired) electrons. The molecular formula is C12H16FN3O. The molecule has 1 aromatic heterocycles. The minimum Gasteiger partial charge on any atom is -0.372 e. The molecule has 0 saturated carbocycles. The Hall–Kier alpha value is -1.65. The van der Waals surface area contributed by atoms with E-state index in [0.717, 1.165) is 25.6 Å². The number of amides is 1. The highest BCUT2D eigenvalue weighted by Crippen LogP contribution is 2.22. The number of hydrogen-bond donors (Lipinski definition) is 1. The van der Waals surface area contributed by atoms with E-state index >= 15 is 0 Å². The van der Waals surface area contributed by atoms with Crippen LogP contribution in [-0.4, -0.2) is 35.4 Å². The van der Waals surface area contributed by atoms with E-state index in [4.69, 9.17) is 0 Å². The normalized spacial score (nSPS) is 19.5. The van der Waals surface area contributed by atoms with Crippen LogP contribution in [0.5, 0.6) is 0 Å². The molecule has 0 aliphatic carbocycles. The lowest BCUT2D eigenvalue weighted by molar-refractivity contribution is 0.0747. The van der Waals surface area contributed by atoms with Crippen molar-refractivity contribution in [1.29, 1.82) is 0 Å². The largest absolute Gasteiger partial charge is 0.372 e. The van der Waals surface area contributed by atoms with E-state index in [1.54, 1.807) is 11.9 Å². The number of halogens is 1. The smallest absolute Gasteiger partial charge is 0.257 e. The average molecular weight is 237 g/mol. The van der Waals surface area contributed by atoms with Gasteiger partial charge in [-0.3, -0.25) is 4.79 Å². The van der Waals surface area contributed by atoms with E-state index in [-0.39, 0.29) is 11.9 Å². The van der Waals surface area contributed by atoms with Gasteiger partial charge in [0.1, 0.15) is 11.6 Å². The first-order chi connectivity index (χ1) is 8.13. The third-order valence-electron chi connectivity index (χ3n) is 3.14. The number of nitrogens with zero attached hydrogens (tertiary/aromatic N) is 2. The maximum Gasteiger partial charge on any atom is 0.257 e. The lowest BCUT2D eigenvalue weighted by Crippen LogP contribution is -2.34. The number of likely N-dealkylation sites (tertiary alicyclic amines) is 1. The van der Waals surface area contributed by atoms with Gasteiger partial charge in [-0.25, -0.2) is 9.37 Å². The number of carbonyl (C=O) groups is 1. The Bertz CT molecular complexity index is 436. The van der Waals surface area contributed by atoms with Gasteiger partial charge in [0, 0.05) is 19.6 Å². The first-order valence-corrected chi connectivity index (χ1v) is 5.77. The van der Waals surface area contributed by atoms with Gasteiger partial charge >= 0.3 is 0 Å².